The predicted octanol–water partition coefficient (Wildman–Crippen LogP) is 3.11. The Morgan fingerprint density at radius 2 is 1.62 bits per heavy atom. The predicted molar refractivity (Wildman–Crippen MR) is 90.6 cm³/mol. The molecule has 0 aliphatic carbocycles. The van der Waals surface area contributed by atoms with Crippen LogP contribution in [-0.2, 0) is 0 Å². The topological polar surface area (TPSA) is 35.5 Å². The number of alkyl halides is 3. The van der Waals surface area contributed by atoms with E-state index in [1.54, 1.807) is 30.3 Å². The van der Waals surface area contributed by atoms with E-state index in [4.69, 9.17) is 9.47 Å². The fourth-order valence-corrected chi connectivity index (χ4v) is 2.96. The first-order valence-corrected chi connectivity index (χ1v) is 7.57. The van der Waals surface area contributed by atoms with Gasteiger partial charge in [-0.25, -0.2) is 0 Å². The van der Waals surface area contributed by atoms with Crippen molar-refractivity contribution in [3.63, 3.8) is 0 Å². The summed E-state index contributed by atoms with van der Waals surface area (Å²) in [6.45, 7) is 0. The van der Waals surface area contributed by atoms with Crippen molar-refractivity contribution in [3.05, 3.63) is 53.6 Å². The Morgan fingerprint density at radius 1 is 1.00 bits per heavy atom. The van der Waals surface area contributed by atoms with Crippen molar-refractivity contribution in [3.8, 4) is 11.5 Å². The van der Waals surface area contributed by atoms with Crippen LogP contribution in [0.15, 0.2) is 42.5 Å². The molecule has 0 aliphatic rings. The van der Waals surface area contributed by atoms with E-state index in [0.29, 0.717) is 5.56 Å². The van der Waals surface area contributed by atoms with E-state index in [1.807, 2.05) is 0 Å². The van der Waals surface area contributed by atoms with E-state index < -0.39 is 20.3 Å². The van der Waals surface area contributed by atoms with Crippen LogP contribution in [0.25, 0.3) is 0 Å². The zero-order valence-electron chi connectivity index (χ0n) is 12.4. The molecule has 0 aromatic heterocycles. The number of hydrogen-bond acceptors (Lipinski definition) is 3. The van der Waals surface area contributed by atoms with Crippen LogP contribution in [0.4, 0.5) is 13.2 Å². The summed E-state index contributed by atoms with van der Waals surface area (Å²) in [7, 11) is 1.12. The molecule has 0 bridgehead atoms. The standard InChI is InChI=1S/C16H14F3O3P.Li.H/c1-21-11-8-9-12(23-16(17,18)19)15(22-2)13(11)14(20)10-6-4-3-5-7-10;;/h3-9,23H,1-2H3;;. The van der Waals surface area contributed by atoms with Crippen molar-refractivity contribution in [1.29, 1.82) is 0 Å². The Morgan fingerprint density at radius 3 is 2.12 bits per heavy atom. The van der Waals surface area contributed by atoms with Gasteiger partial charge in [-0.2, -0.15) is 13.2 Å². The Bertz CT molecular complexity index is 706. The normalized spacial score (nSPS) is 11.2. The zero-order chi connectivity index (χ0) is 17.0. The molecule has 0 fully saturated rings. The molecule has 0 N–H and O–H groups in total. The maximum atomic E-state index is 12.7. The number of rotatable bonds is 5. The fraction of sp³-hybridized carbons (Fsp3) is 0.188. The second kappa shape index (κ2) is 8.57. The number of carbonyl (C=O) groups excluding carboxylic acids is 1. The van der Waals surface area contributed by atoms with Crippen LogP contribution in [-0.4, -0.2) is 44.8 Å². The fourth-order valence-electron chi connectivity index (χ4n) is 2.15. The summed E-state index contributed by atoms with van der Waals surface area (Å²) in [6.07, 6.45) is 0. The Labute approximate surface area is 151 Å². The summed E-state index contributed by atoms with van der Waals surface area (Å²) in [5.41, 5.74) is 0.340. The van der Waals surface area contributed by atoms with Gasteiger partial charge >= 0.3 is 24.8 Å². The molecule has 0 amide bonds. The molecule has 2 aromatic carbocycles. The maximum absolute atomic E-state index is 12.7. The Kier molecular flexibility index (Phi) is 7.35. The molecular formula is C16H15F3LiO3P. The molecule has 1 unspecified atom stereocenters. The van der Waals surface area contributed by atoms with Gasteiger partial charge in [-0.1, -0.05) is 30.3 Å². The van der Waals surface area contributed by atoms with Crippen LogP contribution >= 0.6 is 8.58 Å². The molecule has 0 saturated carbocycles. The Hall–Kier alpha value is -1.47. The summed E-state index contributed by atoms with van der Waals surface area (Å²) in [6, 6.07) is 10.9. The molecule has 3 nitrogen and oxygen atoms in total. The SMILES string of the molecule is COc1ccc(PC(F)(F)F)c(OC)c1C(=O)c1ccccc1.[LiH]. The van der Waals surface area contributed by atoms with Crippen molar-refractivity contribution in [2.45, 2.75) is 5.92 Å². The third-order valence-electron chi connectivity index (χ3n) is 3.08. The molecule has 0 radical (unpaired) electrons. The first kappa shape index (κ1) is 20.6. The first-order chi connectivity index (χ1) is 10.9. The number of halogens is 3. The second-order valence-electron chi connectivity index (χ2n) is 4.54. The van der Waals surface area contributed by atoms with Crippen LogP contribution in [0.5, 0.6) is 11.5 Å². The van der Waals surface area contributed by atoms with E-state index >= 15 is 0 Å². The quantitative estimate of drug-likeness (QED) is 0.472. The molecule has 0 spiro atoms. The van der Waals surface area contributed by atoms with Gasteiger partial charge in [-0.05, 0) is 12.1 Å². The number of methoxy groups -OCH3 is 2. The van der Waals surface area contributed by atoms with Crippen molar-refractivity contribution in [1.82, 2.24) is 0 Å². The van der Waals surface area contributed by atoms with Gasteiger partial charge in [-0.15, -0.1) is 0 Å². The van der Waals surface area contributed by atoms with Crippen molar-refractivity contribution < 1.29 is 27.4 Å². The molecule has 8 heteroatoms. The third kappa shape index (κ3) is 4.77. The van der Waals surface area contributed by atoms with Gasteiger partial charge in [0.25, 0.3) is 0 Å². The average Bonchev–Trinajstić information content (AvgIpc) is 2.53. The monoisotopic (exact) mass is 350 g/mol. The summed E-state index contributed by atoms with van der Waals surface area (Å²) in [4.78, 5) is 12.7. The van der Waals surface area contributed by atoms with Gasteiger partial charge < -0.3 is 9.47 Å². The van der Waals surface area contributed by atoms with E-state index in [-0.39, 0.29) is 41.2 Å². The molecule has 2 rings (SSSR count). The molecule has 24 heavy (non-hydrogen) atoms. The number of benzene rings is 2. The molecule has 1 atom stereocenters. The van der Waals surface area contributed by atoms with Crippen molar-refractivity contribution in [2.24, 2.45) is 0 Å². The number of ketones is 1. The summed E-state index contributed by atoms with van der Waals surface area (Å²) in [5, 5.41) is -0.0833. The van der Waals surface area contributed by atoms with E-state index in [9.17, 15) is 18.0 Å². The minimum absolute atomic E-state index is 0. The minimum atomic E-state index is -4.38. The van der Waals surface area contributed by atoms with Gasteiger partial charge in [0.2, 0.25) is 5.78 Å². The van der Waals surface area contributed by atoms with Crippen molar-refractivity contribution in [2.75, 3.05) is 14.2 Å². The number of carbonyl (C=O) groups is 1. The zero-order valence-corrected chi connectivity index (χ0v) is 13.4. The van der Waals surface area contributed by atoms with Crippen LogP contribution in [0.1, 0.15) is 15.9 Å². The molecule has 0 aliphatic heterocycles. The van der Waals surface area contributed by atoms with Gasteiger partial charge in [-0.3, -0.25) is 4.79 Å². The molecular weight excluding hydrogens is 335 g/mol. The third-order valence-corrected chi connectivity index (χ3v) is 4.03. The summed E-state index contributed by atoms with van der Waals surface area (Å²) >= 11 is 0. The van der Waals surface area contributed by atoms with Crippen LogP contribution in [0.2, 0.25) is 0 Å². The summed E-state index contributed by atoms with van der Waals surface area (Å²) in [5.74, 6) is -4.76. The van der Waals surface area contributed by atoms with E-state index in [1.165, 1.54) is 26.4 Å². The van der Waals surface area contributed by atoms with Gasteiger partial charge in [0, 0.05) is 19.4 Å². The van der Waals surface area contributed by atoms with Gasteiger partial charge in [0.05, 0.1) is 14.2 Å². The number of hydrogen-bond donors (Lipinski definition) is 0. The van der Waals surface area contributed by atoms with E-state index in [2.05, 4.69) is 0 Å². The summed E-state index contributed by atoms with van der Waals surface area (Å²) < 4.78 is 48.5. The van der Waals surface area contributed by atoms with Crippen molar-refractivity contribution >= 4 is 38.5 Å². The molecule has 124 valence electrons. The van der Waals surface area contributed by atoms with Crippen LogP contribution in [0, 0.1) is 0 Å². The first-order valence-electron chi connectivity index (χ1n) is 6.57. The van der Waals surface area contributed by atoms with Gasteiger partial charge in [0.15, 0.2) is 0 Å². The molecule has 2 aromatic rings. The van der Waals surface area contributed by atoms with Crippen LogP contribution in [0.3, 0.4) is 0 Å². The molecule has 0 heterocycles. The van der Waals surface area contributed by atoms with Gasteiger partial charge in [0.1, 0.15) is 17.1 Å². The van der Waals surface area contributed by atoms with E-state index in [0.717, 1.165) is 0 Å². The van der Waals surface area contributed by atoms with Crippen LogP contribution < -0.4 is 14.8 Å². The average molecular weight is 350 g/mol. The second-order valence-corrected chi connectivity index (χ2v) is 5.90. The number of ether oxygens (including phenoxy) is 2. The molecule has 0 saturated heterocycles. The Balaban J connectivity index is 0.00000288.